The van der Waals surface area contributed by atoms with E-state index in [0.29, 0.717) is 6.29 Å². The van der Waals surface area contributed by atoms with Crippen LogP contribution in [0.15, 0.2) is 0 Å². The van der Waals surface area contributed by atoms with E-state index in [1.165, 1.54) is 21.1 Å². The van der Waals surface area contributed by atoms with Crippen LogP contribution in [0.2, 0.25) is 0 Å². The summed E-state index contributed by atoms with van der Waals surface area (Å²) < 4.78 is 21.3. The molecule has 1 aliphatic heterocycles. The summed E-state index contributed by atoms with van der Waals surface area (Å²) in [5.41, 5.74) is 0. The third-order valence-corrected chi connectivity index (χ3v) is 3.82. The minimum atomic E-state index is -1.24. The average Bonchev–Trinajstić information content (AvgIpc) is 2.48. The van der Waals surface area contributed by atoms with E-state index in [1.54, 1.807) is 6.92 Å². The molecule has 1 rings (SSSR count). The molecule has 8 nitrogen and oxygen atoms in total. The standard InChI is InChI=1S/C14H26O8/c1-7(16)12(9(19-3)5-6-15)22-14-11(18)13(20-4)10(17)8(2)21-14/h6-14,16-18H,5H2,1-4H3/t7-,8-,9+,10-,11-,12-,13-,14+/m1/s1. The summed E-state index contributed by atoms with van der Waals surface area (Å²) in [6, 6.07) is 0. The van der Waals surface area contributed by atoms with E-state index in [0.717, 1.165) is 0 Å². The molecule has 130 valence electrons. The van der Waals surface area contributed by atoms with Crippen LogP contribution >= 0.6 is 0 Å². The van der Waals surface area contributed by atoms with Gasteiger partial charge >= 0.3 is 0 Å². The lowest BCUT2D eigenvalue weighted by Gasteiger charge is -2.42. The molecule has 0 saturated carbocycles. The van der Waals surface area contributed by atoms with Crippen molar-refractivity contribution in [2.24, 2.45) is 0 Å². The predicted molar refractivity (Wildman–Crippen MR) is 75.2 cm³/mol. The monoisotopic (exact) mass is 322 g/mol. The fourth-order valence-corrected chi connectivity index (χ4v) is 2.51. The van der Waals surface area contributed by atoms with Gasteiger partial charge in [-0.1, -0.05) is 0 Å². The van der Waals surface area contributed by atoms with Crippen molar-refractivity contribution in [3.8, 4) is 0 Å². The highest BCUT2D eigenvalue weighted by Crippen LogP contribution is 2.26. The highest BCUT2D eigenvalue weighted by atomic mass is 16.7. The Kier molecular flexibility index (Phi) is 7.84. The van der Waals surface area contributed by atoms with Gasteiger partial charge in [0.1, 0.15) is 30.7 Å². The lowest BCUT2D eigenvalue weighted by molar-refractivity contribution is -0.320. The van der Waals surface area contributed by atoms with Gasteiger partial charge in [-0.25, -0.2) is 0 Å². The molecule has 1 aliphatic rings. The highest BCUT2D eigenvalue weighted by molar-refractivity contribution is 5.50. The van der Waals surface area contributed by atoms with Crippen molar-refractivity contribution in [2.75, 3.05) is 14.2 Å². The molecule has 0 aromatic heterocycles. The van der Waals surface area contributed by atoms with Crippen molar-refractivity contribution in [1.29, 1.82) is 0 Å². The van der Waals surface area contributed by atoms with Gasteiger partial charge in [0.15, 0.2) is 6.29 Å². The minimum Gasteiger partial charge on any atom is -0.391 e. The minimum absolute atomic E-state index is 0.0285. The molecule has 22 heavy (non-hydrogen) atoms. The molecule has 0 aliphatic carbocycles. The van der Waals surface area contributed by atoms with Crippen LogP contribution in [0.25, 0.3) is 0 Å². The normalized spacial score (nSPS) is 36.6. The second-order valence-electron chi connectivity index (χ2n) is 5.41. The Morgan fingerprint density at radius 3 is 2.36 bits per heavy atom. The van der Waals surface area contributed by atoms with Crippen molar-refractivity contribution in [2.45, 2.75) is 69.3 Å². The molecular weight excluding hydrogens is 296 g/mol. The fourth-order valence-electron chi connectivity index (χ4n) is 2.51. The Morgan fingerprint density at radius 1 is 1.27 bits per heavy atom. The molecule has 0 aromatic rings. The molecule has 1 heterocycles. The summed E-state index contributed by atoms with van der Waals surface area (Å²) in [7, 11) is 2.76. The first-order valence-corrected chi connectivity index (χ1v) is 7.21. The van der Waals surface area contributed by atoms with Gasteiger partial charge in [-0.05, 0) is 13.8 Å². The summed E-state index contributed by atoms with van der Waals surface area (Å²) in [5.74, 6) is 0. The molecular formula is C14H26O8. The first-order chi connectivity index (χ1) is 10.4. The van der Waals surface area contributed by atoms with Crippen LogP contribution in [0, 0.1) is 0 Å². The van der Waals surface area contributed by atoms with E-state index in [-0.39, 0.29) is 6.42 Å². The van der Waals surface area contributed by atoms with Crippen molar-refractivity contribution in [1.82, 2.24) is 0 Å². The Labute approximate surface area is 129 Å². The van der Waals surface area contributed by atoms with Crippen LogP contribution in [0.4, 0.5) is 0 Å². The number of aliphatic hydroxyl groups excluding tert-OH is 3. The smallest absolute Gasteiger partial charge is 0.187 e. The van der Waals surface area contributed by atoms with Gasteiger partial charge in [-0.15, -0.1) is 0 Å². The van der Waals surface area contributed by atoms with Gasteiger partial charge in [0.2, 0.25) is 0 Å². The molecule has 0 spiro atoms. The number of hydrogen-bond donors (Lipinski definition) is 3. The molecule has 0 unspecified atom stereocenters. The van der Waals surface area contributed by atoms with E-state index in [9.17, 15) is 20.1 Å². The lowest BCUT2D eigenvalue weighted by atomic mass is 9.99. The first-order valence-electron chi connectivity index (χ1n) is 7.21. The Hall–Kier alpha value is -0.610. The summed E-state index contributed by atoms with van der Waals surface area (Å²) in [6.07, 6.45) is -6.70. The Balaban J connectivity index is 2.85. The summed E-state index contributed by atoms with van der Waals surface area (Å²) in [4.78, 5) is 10.7. The Morgan fingerprint density at radius 2 is 1.91 bits per heavy atom. The summed E-state index contributed by atoms with van der Waals surface area (Å²) in [6.45, 7) is 3.11. The van der Waals surface area contributed by atoms with E-state index in [4.69, 9.17) is 18.9 Å². The second kappa shape index (κ2) is 8.88. The number of aliphatic hydroxyl groups is 3. The van der Waals surface area contributed by atoms with Crippen LogP contribution in [0.3, 0.4) is 0 Å². The molecule has 1 fully saturated rings. The zero-order valence-corrected chi connectivity index (χ0v) is 13.3. The van der Waals surface area contributed by atoms with Crippen molar-refractivity contribution in [3.05, 3.63) is 0 Å². The number of carbonyl (C=O) groups excluding carboxylic acids is 1. The third kappa shape index (κ3) is 4.45. The number of aldehydes is 1. The molecule has 1 saturated heterocycles. The topological polar surface area (TPSA) is 115 Å². The quantitative estimate of drug-likeness (QED) is 0.479. The summed E-state index contributed by atoms with van der Waals surface area (Å²) >= 11 is 0. The zero-order chi connectivity index (χ0) is 16.9. The van der Waals surface area contributed by atoms with Gasteiger partial charge in [-0.2, -0.15) is 0 Å². The number of methoxy groups -OCH3 is 2. The van der Waals surface area contributed by atoms with Crippen LogP contribution in [-0.2, 0) is 23.7 Å². The van der Waals surface area contributed by atoms with E-state index in [1.807, 2.05) is 0 Å². The number of rotatable bonds is 8. The highest BCUT2D eigenvalue weighted by Gasteiger charge is 2.45. The van der Waals surface area contributed by atoms with E-state index < -0.39 is 49.0 Å². The van der Waals surface area contributed by atoms with Crippen LogP contribution in [0.1, 0.15) is 20.3 Å². The van der Waals surface area contributed by atoms with Gasteiger partial charge in [0.05, 0.1) is 18.3 Å². The average molecular weight is 322 g/mol. The molecule has 0 aromatic carbocycles. The maximum absolute atomic E-state index is 10.7. The fraction of sp³-hybridized carbons (Fsp3) is 0.929. The van der Waals surface area contributed by atoms with Gasteiger partial charge < -0.3 is 39.1 Å². The lowest BCUT2D eigenvalue weighted by Crippen LogP contribution is -2.59. The van der Waals surface area contributed by atoms with Gasteiger partial charge in [0.25, 0.3) is 0 Å². The zero-order valence-electron chi connectivity index (χ0n) is 13.3. The van der Waals surface area contributed by atoms with E-state index >= 15 is 0 Å². The van der Waals surface area contributed by atoms with Crippen molar-refractivity contribution >= 4 is 6.29 Å². The van der Waals surface area contributed by atoms with E-state index in [2.05, 4.69) is 0 Å². The molecule has 0 radical (unpaired) electrons. The maximum Gasteiger partial charge on any atom is 0.187 e. The summed E-state index contributed by atoms with van der Waals surface area (Å²) in [5, 5.41) is 30.0. The second-order valence-corrected chi connectivity index (χ2v) is 5.41. The Bertz CT molecular complexity index is 337. The van der Waals surface area contributed by atoms with Crippen LogP contribution in [0.5, 0.6) is 0 Å². The first kappa shape index (κ1) is 19.4. The van der Waals surface area contributed by atoms with Gasteiger partial charge in [-0.3, -0.25) is 0 Å². The molecule has 0 amide bonds. The van der Waals surface area contributed by atoms with Crippen LogP contribution in [-0.4, -0.2) is 84.8 Å². The van der Waals surface area contributed by atoms with Crippen molar-refractivity contribution < 1.29 is 39.1 Å². The largest absolute Gasteiger partial charge is 0.391 e. The van der Waals surface area contributed by atoms with Crippen LogP contribution < -0.4 is 0 Å². The third-order valence-electron chi connectivity index (χ3n) is 3.82. The molecule has 0 bridgehead atoms. The SMILES string of the molecule is CO[C@H]1[C@@H](O)[C@H](O[C@@H]([C@H](CC=O)OC)[C@@H](C)O)O[C@H](C)[C@H]1O. The molecule has 8 atom stereocenters. The molecule has 8 heteroatoms. The van der Waals surface area contributed by atoms with Crippen molar-refractivity contribution in [3.63, 3.8) is 0 Å². The predicted octanol–water partition coefficient (Wildman–Crippen LogP) is -1.16. The van der Waals surface area contributed by atoms with Gasteiger partial charge in [0, 0.05) is 20.6 Å². The number of carbonyl (C=O) groups is 1. The number of hydrogen-bond acceptors (Lipinski definition) is 8. The molecule has 3 N–H and O–H groups in total. The number of ether oxygens (including phenoxy) is 4. The maximum atomic E-state index is 10.7.